The van der Waals surface area contributed by atoms with Crippen LogP contribution < -0.4 is 0 Å². The first-order valence-electron chi connectivity index (χ1n) is 24.2. The molecule has 0 spiro atoms. The number of hydrogen-bond acceptors (Lipinski definition) is 4. The molecule has 0 saturated carbocycles. The third-order valence-corrected chi connectivity index (χ3v) is 13.4. The molecule has 0 aliphatic carbocycles. The van der Waals surface area contributed by atoms with Crippen molar-refractivity contribution in [1.29, 1.82) is 0 Å². The quantitative estimate of drug-likeness (QED) is 0.108. The van der Waals surface area contributed by atoms with Crippen LogP contribution in [0.25, 0.3) is 100 Å². The smallest absolute Gasteiger partial charge is 0.455 e. The van der Waals surface area contributed by atoms with Crippen LogP contribution in [0.2, 0.25) is 0 Å². The molecule has 4 heterocycles. The van der Waals surface area contributed by atoms with Gasteiger partial charge in [0.15, 0.2) is 0 Å². The standard InChI is InChI=1S/C67H46N3O.Ir/c1-2-11-50(12-3-1)55-35-36-61-62-16-10-15-60(67(62)71-66(61)45-55)56-37-40-70-65(44-56)54-33-31-51(32-34-54)58-13-4-5-14-59(58)57-42-48(21-19-46-23-27-52(28-24-46)63-17-6-8-38-68-63)41-49(43-57)22-20-47-25-29-53(30-26-47)64-18-7-9-39-69-64;/h1-18,23-27,29,31-33,35-45H,19-22H2;/q-3;+3. The summed E-state index contributed by atoms with van der Waals surface area (Å²) in [5, 5.41) is 2.20. The first-order valence-corrected chi connectivity index (χ1v) is 24.2. The maximum absolute atomic E-state index is 6.64. The van der Waals surface area contributed by atoms with Crippen molar-refractivity contribution in [2.45, 2.75) is 25.7 Å². The van der Waals surface area contributed by atoms with Crippen LogP contribution in [-0.2, 0) is 45.8 Å². The maximum atomic E-state index is 6.64. The van der Waals surface area contributed by atoms with E-state index in [1.165, 1.54) is 38.9 Å². The van der Waals surface area contributed by atoms with E-state index >= 15 is 0 Å². The van der Waals surface area contributed by atoms with Crippen molar-refractivity contribution in [2.24, 2.45) is 0 Å². The van der Waals surface area contributed by atoms with Gasteiger partial charge in [-0.1, -0.05) is 151 Å². The molecule has 0 aliphatic rings. The zero-order valence-corrected chi connectivity index (χ0v) is 41.7. The minimum Gasteiger partial charge on any atom is -0.455 e. The number of para-hydroxylation sites is 1. The molecular formula is C67H46IrN3O. The Morgan fingerprint density at radius 3 is 1.53 bits per heavy atom. The summed E-state index contributed by atoms with van der Waals surface area (Å²) >= 11 is 0. The van der Waals surface area contributed by atoms with Crippen LogP contribution in [0.15, 0.2) is 235 Å². The molecule has 0 N–H and O–H groups in total. The number of furan rings is 1. The number of aromatic nitrogens is 3. The van der Waals surface area contributed by atoms with Crippen LogP contribution in [0.1, 0.15) is 22.3 Å². The van der Waals surface area contributed by atoms with Gasteiger partial charge in [0.05, 0.1) is 0 Å². The summed E-state index contributed by atoms with van der Waals surface area (Å²) in [6.45, 7) is 0. The van der Waals surface area contributed by atoms with Gasteiger partial charge in [0.25, 0.3) is 0 Å². The summed E-state index contributed by atoms with van der Waals surface area (Å²) in [7, 11) is 0. The van der Waals surface area contributed by atoms with E-state index in [1.54, 1.807) is 0 Å². The Morgan fingerprint density at radius 2 is 0.903 bits per heavy atom. The fourth-order valence-electron chi connectivity index (χ4n) is 9.69. The molecule has 0 atom stereocenters. The van der Waals surface area contributed by atoms with Crippen LogP contribution in [0.3, 0.4) is 0 Å². The third kappa shape index (κ3) is 9.86. The average Bonchev–Trinajstić information content (AvgIpc) is 3.83. The number of rotatable bonds is 13. The molecule has 72 heavy (non-hydrogen) atoms. The summed E-state index contributed by atoms with van der Waals surface area (Å²) in [5.74, 6) is 0. The largest absolute Gasteiger partial charge is 3.00 e. The predicted molar refractivity (Wildman–Crippen MR) is 289 cm³/mol. The molecule has 12 rings (SSSR count). The molecule has 5 heteroatoms. The SMILES string of the molecule is [Ir+3].[c-]1cc(CCc2cc(CCc3c[c-]c(-c4ccccn4)cc3)cc(-c3ccccc3-c3c[c-]c(-c4cc(-c5cccc6c5oc5cc(-c7ccccc7)ccc56)ccn4)cc3)c2)ccc1-c1ccccn1. The minimum atomic E-state index is 0. The number of pyridine rings is 3. The normalized spacial score (nSPS) is 11.2. The van der Waals surface area contributed by atoms with E-state index in [0.717, 1.165) is 109 Å². The number of aryl methyl sites for hydroxylation is 4. The Bertz CT molecular complexity index is 3670. The van der Waals surface area contributed by atoms with E-state index < -0.39 is 0 Å². The van der Waals surface area contributed by atoms with Crippen LogP contribution in [0, 0.1) is 18.2 Å². The summed E-state index contributed by atoms with van der Waals surface area (Å²) in [4.78, 5) is 13.9. The topological polar surface area (TPSA) is 51.8 Å². The monoisotopic (exact) mass is 1100 g/mol. The third-order valence-electron chi connectivity index (χ3n) is 13.4. The van der Waals surface area contributed by atoms with Crippen molar-refractivity contribution < 1.29 is 24.5 Å². The molecule has 12 aromatic rings. The Kier molecular flexibility index (Phi) is 13.4. The fraction of sp³-hybridized carbons (Fsp3) is 0.0597. The van der Waals surface area contributed by atoms with E-state index in [0.29, 0.717) is 0 Å². The first-order chi connectivity index (χ1) is 35.1. The van der Waals surface area contributed by atoms with E-state index in [4.69, 9.17) is 9.40 Å². The van der Waals surface area contributed by atoms with Gasteiger partial charge in [0.1, 0.15) is 11.2 Å². The molecule has 8 aromatic carbocycles. The Morgan fingerprint density at radius 1 is 0.333 bits per heavy atom. The van der Waals surface area contributed by atoms with Gasteiger partial charge in [-0.2, -0.15) is 0 Å². The van der Waals surface area contributed by atoms with Gasteiger partial charge in [0, 0.05) is 34.9 Å². The summed E-state index contributed by atoms with van der Waals surface area (Å²) in [6.07, 6.45) is 9.15. The molecule has 0 saturated heterocycles. The number of fused-ring (bicyclic) bond motifs is 3. The van der Waals surface area contributed by atoms with Gasteiger partial charge in [-0.05, 0) is 99.2 Å². The van der Waals surface area contributed by atoms with Crippen molar-refractivity contribution in [3.05, 3.63) is 271 Å². The van der Waals surface area contributed by atoms with Gasteiger partial charge >= 0.3 is 20.1 Å². The Balaban J connectivity index is 0.00000560. The van der Waals surface area contributed by atoms with Crippen LogP contribution in [-0.4, -0.2) is 15.0 Å². The van der Waals surface area contributed by atoms with E-state index in [1.807, 2.05) is 61.1 Å². The van der Waals surface area contributed by atoms with Gasteiger partial charge in [-0.25, -0.2) is 0 Å². The van der Waals surface area contributed by atoms with Crippen molar-refractivity contribution >= 4 is 21.9 Å². The molecule has 0 radical (unpaired) electrons. The Hall–Kier alpha value is -8.34. The van der Waals surface area contributed by atoms with E-state index in [2.05, 4.69) is 198 Å². The molecule has 4 nitrogen and oxygen atoms in total. The zero-order valence-electron chi connectivity index (χ0n) is 39.4. The minimum absolute atomic E-state index is 0. The molecule has 4 aromatic heterocycles. The second kappa shape index (κ2) is 20.9. The van der Waals surface area contributed by atoms with Crippen molar-refractivity contribution in [1.82, 2.24) is 15.0 Å². The Labute approximate surface area is 434 Å². The zero-order chi connectivity index (χ0) is 47.3. The number of hydrogen-bond donors (Lipinski definition) is 0. The summed E-state index contributed by atoms with van der Waals surface area (Å²) in [6, 6.07) is 85.3. The van der Waals surface area contributed by atoms with Crippen LogP contribution >= 0.6 is 0 Å². The van der Waals surface area contributed by atoms with E-state index in [9.17, 15) is 0 Å². The van der Waals surface area contributed by atoms with Gasteiger partial charge in [-0.3, -0.25) is 0 Å². The molecule has 0 bridgehead atoms. The van der Waals surface area contributed by atoms with Gasteiger partial charge < -0.3 is 19.4 Å². The van der Waals surface area contributed by atoms with Crippen molar-refractivity contribution in [3.8, 4) is 78.3 Å². The second-order valence-electron chi connectivity index (χ2n) is 18.0. The van der Waals surface area contributed by atoms with E-state index in [-0.39, 0.29) is 20.1 Å². The average molecular weight is 1100 g/mol. The molecular weight excluding hydrogens is 1050 g/mol. The number of nitrogens with zero attached hydrogens (tertiary/aromatic N) is 3. The first kappa shape index (κ1) is 46.1. The van der Waals surface area contributed by atoms with Gasteiger partial charge in [0.2, 0.25) is 0 Å². The molecule has 0 fully saturated rings. The summed E-state index contributed by atoms with van der Waals surface area (Å²) in [5.41, 5.74) is 21.5. The molecule has 344 valence electrons. The maximum Gasteiger partial charge on any atom is 3.00 e. The second-order valence-corrected chi connectivity index (χ2v) is 18.0. The molecule has 0 aliphatic heterocycles. The number of benzene rings is 8. The van der Waals surface area contributed by atoms with Crippen molar-refractivity contribution in [3.63, 3.8) is 0 Å². The molecule has 0 amide bonds. The fourth-order valence-corrected chi connectivity index (χ4v) is 9.69. The van der Waals surface area contributed by atoms with Crippen LogP contribution in [0.4, 0.5) is 0 Å². The van der Waals surface area contributed by atoms with Crippen molar-refractivity contribution in [2.75, 3.05) is 0 Å². The van der Waals surface area contributed by atoms with Crippen LogP contribution in [0.5, 0.6) is 0 Å². The molecule has 0 unspecified atom stereocenters. The summed E-state index contributed by atoms with van der Waals surface area (Å²) < 4.78 is 6.64. The van der Waals surface area contributed by atoms with Gasteiger partial charge in [-0.15, -0.1) is 101 Å². The predicted octanol–water partition coefficient (Wildman–Crippen LogP) is 16.4.